The van der Waals surface area contributed by atoms with E-state index < -0.39 is 56.6 Å². The van der Waals surface area contributed by atoms with Crippen LogP contribution in [0.3, 0.4) is 0 Å². The molecule has 1 saturated heterocycles. The van der Waals surface area contributed by atoms with Crippen LogP contribution in [0.25, 0.3) is 16.9 Å². The standard InChI is InChI=1S/C25H38F3N5O7S2Si2/c1-12(2)43(13(3)4)36-10-17-19(39-44(40-43,14(5)6)15(7)8)20(38-42(34,35)25(26,27)28)24(37-17)33-9-16(22(30)41)18-21(29)31-11-32-23(18)33/h9,11-15,17,19H,10H2,1-8H3,(H2,30,41)(H2,29,31,32). The van der Waals surface area contributed by atoms with Crippen LogP contribution in [0.4, 0.5) is 19.0 Å². The lowest BCUT2D eigenvalue weighted by molar-refractivity contribution is -0.0544. The summed E-state index contributed by atoms with van der Waals surface area (Å²) in [6, 6.07) is 0. The zero-order valence-corrected chi connectivity index (χ0v) is 29.3. The third-order valence-electron chi connectivity index (χ3n) is 7.97. The van der Waals surface area contributed by atoms with Crippen LogP contribution in [0.15, 0.2) is 18.3 Å². The monoisotopic (exact) mass is 697 g/mol. The summed E-state index contributed by atoms with van der Waals surface area (Å²) in [4.78, 5) is 8.05. The van der Waals surface area contributed by atoms with Gasteiger partial charge in [0.1, 0.15) is 17.1 Å². The van der Waals surface area contributed by atoms with E-state index in [1.54, 1.807) is 0 Å². The second kappa shape index (κ2) is 11.8. The number of aromatic nitrogens is 3. The van der Waals surface area contributed by atoms with Crippen molar-refractivity contribution in [2.45, 2.75) is 95.3 Å². The molecule has 0 radical (unpaired) electrons. The number of hydrogen-bond acceptors (Lipinski definition) is 11. The fraction of sp³-hybridized carbons (Fsp3) is 0.640. The highest BCUT2D eigenvalue weighted by Crippen LogP contribution is 2.49. The summed E-state index contributed by atoms with van der Waals surface area (Å²) in [5.74, 6) is -1.19. The van der Waals surface area contributed by atoms with Crippen LogP contribution in [0.5, 0.6) is 0 Å². The van der Waals surface area contributed by atoms with Gasteiger partial charge in [-0.25, -0.2) is 9.97 Å². The Bertz CT molecular complexity index is 1570. The van der Waals surface area contributed by atoms with Gasteiger partial charge in [-0.15, -0.1) is 0 Å². The third-order valence-corrected chi connectivity index (χ3v) is 19.4. The molecule has 2 aliphatic heterocycles. The minimum atomic E-state index is -6.19. The molecule has 1 fully saturated rings. The molecule has 44 heavy (non-hydrogen) atoms. The molecule has 0 saturated carbocycles. The van der Waals surface area contributed by atoms with E-state index in [1.165, 1.54) is 10.8 Å². The maximum absolute atomic E-state index is 13.8. The first kappa shape index (κ1) is 34.6. The SMILES string of the molecule is CC(C)[Si]1(C(C)C)OCC2OC(n3cc(C(N)=S)c4c(N)ncnc43)=C(OS(=O)(=O)C(F)(F)F)C2O[Si](C(C)C)(C(C)C)O1. The van der Waals surface area contributed by atoms with Crippen LogP contribution >= 0.6 is 12.2 Å². The number of hydrogen-bond donors (Lipinski definition) is 2. The molecule has 4 N–H and O–H groups in total. The first-order chi connectivity index (χ1) is 20.2. The summed E-state index contributed by atoms with van der Waals surface area (Å²) in [6.45, 7) is 15.4. The molecule has 4 rings (SSSR count). The second-order valence-corrected chi connectivity index (χ2v) is 22.9. The molecule has 4 heterocycles. The van der Waals surface area contributed by atoms with Gasteiger partial charge in [-0.3, -0.25) is 4.57 Å². The third kappa shape index (κ3) is 5.64. The molecule has 246 valence electrons. The average Bonchev–Trinajstić information content (AvgIpc) is 3.41. The Balaban J connectivity index is 2.03. The van der Waals surface area contributed by atoms with Crippen LogP contribution < -0.4 is 11.5 Å². The van der Waals surface area contributed by atoms with E-state index in [9.17, 15) is 21.6 Å². The lowest BCUT2D eigenvalue weighted by atomic mass is 10.2. The van der Waals surface area contributed by atoms with Gasteiger partial charge in [0, 0.05) is 11.8 Å². The number of fused-ring (bicyclic) bond motifs is 2. The molecule has 0 aliphatic carbocycles. The maximum atomic E-state index is 13.8. The predicted molar refractivity (Wildman–Crippen MR) is 166 cm³/mol. The molecular weight excluding hydrogens is 660 g/mol. The van der Waals surface area contributed by atoms with Crippen molar-refractivity contribution >= 4 is 67.2 Å². The van der Waals surface area contributed by atoms with Gasteiger partial charge in [-0.2, -0.15) is 21.6 Å². The van der Waals surface area contributed by atoms with Crippen molar-refractivity contribution in [2.75, 3.05) is 12.3 Å². The number of nitrogens with two attached hydrogens (primary N) is 2. The number of thiocarbonyl (C=S) groups is 1. The normalized spacial score (nSPS) is 22.4. The molecule has 2 aromatic heterocycles. The topological polar surface area (TPSA) is 163 Å². The lowest BCUT2D eigenvalue weighted by Gasteiger charge is -2.51. The van der Waals surface area contributed by atoms with Gasteiger partial charge in [-0.1, -0.05) is 67.6 Å². The molecule has 0 bridgehead atoms. The summed E-state index contributed by atoms with van der Waals surface area (Å²) in [6.07, 6.45) is -0.137. The quantitative estimate of drug-likeness (QED) is 0.165. The molecule has 0 aromatic carbocycles. The Morgan fingerprint density at radius 1 is 1.07 bits per heavy atom. The minimum Gasteiger partial charge on any atom is -0.467 e. The van der Waals surface area contributed by atoms with E-state index in [0.29, 0.717) is 0 Å². The molecular formula is C25H38F3N5O7S2Si2. The lowest BCUT2D eigenvalue weighted by Crippen LogP contribution is -2.65. The molecule has 2 atom stereocenters. The van der Waals surface area contributed by atoms with Crippen molar-refractivity contribution in [3.8, 4) is 0 Å². The number of nitrogen functional groups attached to an aromatic ring is 1. The molecule has 2 unspecified atom stereocenters. The fourth-order valence-corrected chi connectivity index (χ4v) is 17.6. The smallest absolute Gasteiger partial charge is 0.467 e. The number of anilines is 1. The minimum absolute atomic E-state index is 0.0183. The van der Waals surface area contributed by atoms with Crippen LogP contribution in [0.2, 0.25) is 22.2 Å². The van der Waals surface area contributed by atoms with E-state index in [1.807, 2.05) is 55.4 Å². The van der Waals surface area contributed by atoms with E-state index in [4.69, 9.17) is 45.6 Å². The first-order valence-electron chi connectivity index (χ1n) is 14.0. The zero-order chi connectivity index (χ0) is 33.2. The highest BCUT2D eigenvalue weighted by Gasteiger charge is 2.62. The van der Waals surface area contributed by atoms with E-state index in [2.05, 4.69) is 9.97 Å². The van der Waals surface area contributed by atoms with Gasteiger partial charge in [0.2, 0.25) is 11.6 Å². The molecule has 2 aromatic rings. The summed E-state index contributed by atoms with van der Waals surface area (Å²) >= 11 is 5.17. The number of rotatable bonds is 8. The molecule has 12 nitrogen and oxygen atoms in total. The number of halogens is 3. The number of alkyl halides is 3. The van der Waals surface area contributed by atoms with Crippen molar-refractivity contribution in [3.05, 3.63) is 23.8 Å². The van der Waals surface area contributed by atoms with Crippen molar-refractivity contribution in [1.82, 2.24) is 14.5 Å². The van der Waals surface area contributed by atoms with Crippen molar-refractivity contribution in [2.24, 2.45) is 5.73 Å². The summed E-state index contributed by atoms with van der Waals surface area (Å²) in [7, 11) is -12.7. The van der Waals surface area contributed by atoms with Gasteiger partial charge in [-0.05, 0) is 22.2 Å². The second-order valence-electron chi connectivity index (χ2n) is 12.1. The first-order valence-corrected chi connectivity index (χ1v) is 19.8. The van der Waals surface area contributed by atoms with Crippen molar-refractivity contribution < 1.29 is 43.5 Å². The molecule has 0 amide bonds. The van der Waals surface area contributed by atoms with E-state index in [-0.39, 0.29) is 56.2 Å². The maximum Gasteiger partial charge on any atom is 0.534 e. The Morgan fingerprint density at radius 2 is 1.64 bits per heavy atom. The Kier molecular flexibility index (Phi) is 9.28. The van der Waals surface area contributed by atoms with Gasteiger partial charge in [0.05, 0.1) is 12.0 Å². The summed E-state index contributed by atoms with van der Waals surface area (Å²) in [5.41, 5.74) is 5.93. The molecule has 19 heteroatoms. The summed E-state index contributed by atoms with van der Waals surface area (Å²) < 4.78 is 99.2. The van der Waals surface area contributed by atoms with Crippen LogP contribution in [0.1, 0.15) is 61.0 Å². The number of ether oxygens (including phenoxy) is 1. The Morgan fingerprint density at radius 3 is 2.14 bits per heavy atom. The summed E-state index contributed by atoms with van der Waals surface area (Å²) in [5, 5.41) is 0.193. The van der Waals surface area contributed by atoms with E-state index >= 15 is 0 Å². The van der Waals surface area contributed by atoms with Gasteiger partial charge in [0.15, 0.2) is 17.9 Å². The Labute approximate surface area is 261 Å². The highest BCUT2D eigenvalue weighted by molar-refractivity contribution is 7.87. The molecule has 2 aliphatic rings. The van der Waals surface area contributed by atoms with Crippen molar-refractivity contribution in [1.29, 1.82) is 0 Å². The fourth-order valence-electron chi connectivity index (χ4n) is 5.78. The number of nitrogens with zero attached hydrogens (tertiary/aromatic N) is 3. The van der Waals surface area contributed by atoms with Gasteiger partial charge >= 0.3 is 32.7 Å². The largest absolute Gasteiger partial charge is 0.534 e. The zero-order valence-electron chi connectivity index (χ0n) is 25.6. The van der Waals surface area contributed by atoms with Gasteiger partial charge in [0.25, 0.3) is 0 Å². The average molecular weight is 698 g/mol. The Hall–Kier alpha value is -2.30. The van der Waals surface area contributed by atoms with Crippen LogP contribution in [-0.4, -0.2) is 69.4 Å². The van der Waals surface area contributed by atoms with Crippen molar-refractivity contribution in [3.63, 3.8) is 0 Å². The van der Waals surface area contributed by atoms with Gasteiger partial charge < -0.3 is 33.4 Å². The highest BCUT2D eigenvalue weighted by atomic mass is 32.2. The van der Waals surface area contributed by atoms with Crippen LogP contribution in [0, 0.1) is 0 Å². The predicted octanol–water partition coefficient (Wildman–Crippen LogP) is 5.00. The van der Waals surface area contributed by atoms with E-state index in [0.717, 1.165) is 6.33 Å². The van der Waals surface area contributed by atoms with Crippen LogP contribution in [-0.2, 0) is 32.0 Å². The molecule has 0 spiro atoms.